The summed E-state index contributed by atoms with van der Waals surface area (Å²) in [5, 5.41) is 2.99. The summed E-state index contributed by atoms with van der Waals surface area (Å²) in [6, 6.07) is 19.6. The van der Waals surface area contributed by atoms with Crippen molar-refractivity contribution in [3.8, 4) is 17.1 Å². The third kappa shape index (κ3) is 3.34. The molecule has 0 spiro atoms. The summed E-state index contributed by atoms with van der Waals surface area (Å²) in [5.41, 5.74) is 3.18. The Balaban J connectivity index is 1.61. The number of ether oxygens (including phenoxy) is 1. The average molecular weight is 377 g/mol. The van der Waals surface area contributed by atoms with E-state index in [9.17, 15) is 4.79 Å². The molecule has 0 atom stereocenters. The van der Waals surface area contributed by atoms with Gasteiger partial charge < -0.3 is 14.5 Å². The Hall–Kier alpha value is -3.05. The van der Waals surface area contributed by atoms with Crippen LogP contribution in [-0.2, 0) is 6.54 Å². The number of amides is 1. The van der Waals surface area contributed by atoms with Gasteiger partial charge in [0, 0.05) is 28.6 Å². The number of furan rings is 1. The Labute approximate surface area is 161 Å². The van der Waals surface area contributed by atoms with Gasteiger partial charge in [0.05, 0.1) is 17.4 Å². The molecule has 2 aromatic heterocycles. The zero-order valence-electron chi connectivity index (χ0n) is 15.1. The van der Waals surface area contributed by atoms with Crippen molar-refractivity contribution in [2.24, 2.45) is 0 Å². The number of carbonyl (C=O) groups excluding carboxylic acids is 1. The molecule has 2 aromatic carbocycles. The number of methoxy groups -OCH3 is 1. The van der Waals surface area contributed by atoms with Gasteiger partial charge in [0.25, 0.3) is 5.91 Å². The van der Waals surface area contributed by atoms with E-state index in [1.807, 2.05) is 67.6 Å². The van der Waals surface area contributed by atoms with E-state index in [4.69, 9.17) is 9.15 Å². The highest BCUT2D eigenvalue weighted by Crippen LogP contribution is 2.37. The molecule has 5 heteroatoms. The molecule has 0 fully saturated rings. The van der Waals surface area contributed by atoms with Crippen LogP contribution >= 0.6 is 11.3 Å². The molecule has 0 unspecified atom stereocenters. The van der Waals surface area contributed by atoms with Gasteiger partial charge in [-0.25, -0.2) is 0 Å². The maximum atomic E-state index is 12.9. The Morgan fingerprint density at radius 3 is 2.63 bits per heavy atom. The summed E-state index contributed by atoms with van der Waals surface area (Å²) in [6.45, 7) is 2.34. The lowest BCUT2D eigenvalue weighted by Crippen LogP contribution is -2.23. The number of rotatable bonds is 5. The Morgan fingerprint density at radius 1 is 1.11 bits per heavy atom. The van der Waals surface area contributed by atoms with Crippen LogP contribution in [0.4, 0.5) is 0 Å². The summed E-state index contributed by atoms with van der Waals surface area (Å²) >= 11 is 1.57. The normalized spacial score (nSPS) is 10.9. The second-order valence-electron chi connectivity index (χ2n) is 6.20. The minimum atomic E-state index is -0.140. The summed E-state index contributed by atoms with van der Waals surface area (Å²) in [7, 11) is 1.63. The molecule has 1 N–H and O–H groups in total. The molecular weight excluding hydrogens is 358 g/mol. The molecule has 4 rings (SSSR count). The van der Waals surface area contributed by atoms with E-state index in [1.165, 1.54) is 0 Å². The SMILES string of the molecule is COc1ccccc1CNC(=O)c1c(C)sc2cc(-c3ccccc3)oc12. The first-order valence-electron chi connectivity index (χ1n) is 8.66. The van der Waals surface area contributed by atoms with Crippen LogP contribution < -0.4 is 10.1 Å². The molecule has 0 aliphatic carbocycles. The molecule has 2 heterocycles. The van der Waals surface area contributed by atoms with Gasteiger partial charge in [-0.3, -0.25) is 4.79 Å². The highest BCUT2D eigenvalue weighted by molar-refractivity contribution is 7.19. The first-order valence-corrected chi connectivity index (χ1v) is 9.47. The van der Waals surface area contributed by atoms with E-state index in [-0.39, 0.29) is 5.91 Å². The fraction of sp³-hybridized carbons (Fsp3) is 0.136. The van der Waals surface area contributed by atoms with E-state index in [2.05, 4.69) is 5.32 Å². The first-order chi connectivity index (χ1) is 13.2. The zero-order chi connectivity index (χ0) is 18.8. The van der Waals surface area contributed by atoms with Gasteiger partial charge in [-0.2, -0.15) is 0 Å². The minimum absolute atomic E-state index is 0.140. The monoisotopic (exact) mass is 377 g/mol. The molecule has 1 amide bonds. The van der Waals surface area contributed by atoms with Crippen molar-refractivity contribution in [3.63, 3.8) is 0 Å². The van der Waals surface area contributed by atoms with Crippen molar-refractivity contribution in [2.45, 2.75) is 13.5 Å². The van der Waals surface area contributed by atoms with Crippen LogP contribution in [0.5, 0.6) is 5.75 Å². The maximum Gasteiger partial charge on any atom is 0.256 e. The Bertz CT molecular complexity index is 1100. The van der Waals surface area contributed by atoms with Crippen molar-refractivity contribution < 1.29 is 13.9 Å². The molecule has 0 saturated heterocycles. The fourth-order valence-electron chi connectivity index (χ4n) is 3.12. The van der Waals surface area contributed by atoms with E-state index < -0.39 is 0 Å². The molecule has 0 aliphatic rings. The van der Waals surface area contributed by atoms with E-state index in [0.717, 1.165) is 32.2 Å². The Morgan fingerprint density at radius 2 is 1.85 bits per heavy atom. The molecule has 0 aliphatic heterocycles. The van der Waals surface area contributed by atoms with Crippen LogP contribution in [0.1, 0.15) is 20.8 Å². The second kappa shape index (κ2) is 7.29. The lowest BCUT2D eigenvalue weighted by molar-refractivity contribution is 0.0951. The van der Waals surface area contributed by atoms with Gasteiger partial charge in [-0.1, -0.05) is 48.5 Å². The third-order valence-electron chi connectivity index (χ3n) is 4.46. The van der Waals surface area contributed by atoms with Crippen molar-refractivity contribution in [2.75, 3.05) is 7.11 Å². The van der Waals surface area contributed by atoms with Gasteiger partial charge in [0.2, 0.25) is 0 Å². The first kappa shape index (κ1) is 17.4. The molecular formula is C22H19NO3S. The zero-order valence-corrected chi connectivity index (χ0v) is 15.9. The number of carbonyl (C=O) groups is 1. The van der Waals surface area contributed by atoms with Crippen LogP contribution in [0.15, 0.2) is 65.1 Å². The topological polar surface area (TPSA) is 51.5 Å². The lowest BCUT2D eigenvalue weighted by atomic mass is 10.2. The average Bonchev–Trinajstić information content (AvgIpc) is 3.23. The summed E-state index contributed by atoms with van der Waals surface area (Å²) in [4.78, 5) is 13.8. The number of nitrogens with one attached hydrogen (secondary N) is 1. The van der Waals surface area contributed by atoms with Gasteiger partial charge in [-0.05, 0) is 13.0 Å². The molecule has 27 heavy (non-hydrogen) atoms. The second-order valence-corrected chi connectivity index (χ2v) is 7.45. The number of thiophene rings is 1. The van der Waals surface area contributed by atoms with Crippen LogP contribution in [0, 0.1) is 6.92 Å². The van der Waals surface area contributed by atoms with Crippen LogP contribution in [-0.4, -0.2) is 13.0 Å². The van der Waals surface area contributed by atoms with Gasteiger partial charge in [-0.15, -0.1) is 11.3 Å². The molecule has 136 valence electrons. The van der Waals surface area contributed by atoms with E-state index in [0.29, 0.717) is 17.7 Å². The number of para-hydroxylation sites is 1. The molecule has 4 nitrogen and oxygen atoms in total. The smallest absolute Gasteiger partial charge is 0.256 e. The van der Waals surface area contributed by atoms with Gasteiger partial charge >= 0.3 is 0 Å². The summed E-state index contributed by atoms with van der Waals surface area (Å²) < 4.78 is 12.4. The fourth-order valence-corrected chi connectivity index (χ4v) is 4.14. The largest absolute Gasteiger partial charge is 0.496 e. The highest BCUT2D eigenvalue weighted by Gasteiger charge is 2.21. The van der Waals surface area contributed by atoms with Gasteiger partial charge in [0.1, 0.15) is 11.5 Å². The van der Waals surface area contributed by atoms with Crippen LogP contribution in [0.2, 0.25) is 0 Å². The van der Waals surface area contributed by atoms with E-state index in [1.54, 1.807) is 18.4 Å². The maximum absolute atomic E-state index is 12.9. The number of fused-ring (bicyclic) bond motifs is 1. The predicted octanol–water partition coefficient (Wildman–Crippen LogP) is 5.41. The number of hydrogen-bond donors (Lipinski definition) is 1. The molecule has 0 saturated carbocycles. The molecule has 4 aromatic rings. The van der Waals surface area contributed by atoms with Crippen LogP contribution in [0.25, 0.3) is 21.6 Å². The van der Waals surface area contributed by atoms with Gasteiger partial charge in [0.15, 0.2) is 5.58 Å². The van der Waals surface area contributed by atoms with Crippen molar-refractivity contribution in [1.29, 1.82) is 0 Å². The number of aryl methyl sites for hydroxylation is 1. The lowest BCUT2D eigenvalue weighted by Gasteiger charge is -2.09. The quantitative estimate of drug-likeness (QED) is 0.506. The number of benzene rings is 2. The minimum Gasteiger partial charge on any atom is -0.496 e. The summed E-state index contributed by atoms with van der Waals surface area (Å²) in [5.74, 6) is 1.39. The number of hydrogen-bond acceptors (Lipinski definition) is 4. The predicted molar refractivity (Wildman–Crippen MR) is 108 cm³/mol. The molecule has 0 bridgehead atoms. The standard InChI is InChI=1S/C22H19NO3S/c1-14-20(22(24)23-13-16-10-6-7-11-17(16)25-2)21-19(27-14)12-18(26-21)15-8-4-3-5-9-15/h3-12H,13H2,1-2H3,(H,23,24). The Kier molecular flexibility index (Phi) is 4.69. The van der Waals surface area contributed by atoms with Crippen molar-refractivity contribution in [1.82, 2.24) is 5.32 Å². The van der Waals surface area contributed by atoms with E-state index >= 15 is 0 Å². The third-order valence-corrected chi connectivity index (χ3v) is 5.49. The highest BCUT2D eigenvalue weighted by atomic mass is 32.1. The van der Waals surface area contributed by atoms with Crippen LogP contribution in [0.3, 0.4) is 0 Å². The summed E-state index contributed by atoms with van der Waals surface area (Å²) in [6.07, 6.45) is 0. The van der Waals surface area contributed by atoms with Crippen molar-refractivity contribution in [3.05, 3.63) is 76.7 Å². The molecule has 0 radical (unpaired) electrons. The van der Waals surface area contributed by atoms with Crippen molar-refractivity contribution >= 4 is 27.5 Å².